The summed E-state index contributed by atoms with van der Waals surface area (Å²) in [6, 6.07) is 7.71. The lowest BCUT2D eigenvalue weighted by Crippen LogP contribution is -2.17. The molecular weight excluding hydrogens is 337 g/mol. The molecule has 0 aliphatic carbocycles. The lowest BCUT2D eigenvalue weighted by atomic mass is 10.2. The fourth-order valence-electron chi connectivity index (χ4n) is 1.75. The van der Waals surface area contributed by atoms with Gasteiger partial charge in [-0.3, -0.25) is 4.79 Å². The first-order valence-corrected chi connectivity index (χ1v) is 6.56. The zero-order chi connectivity index (χ0) is 17.0. The van der Waals surface area contributed by atoms with Crippen LogP contribution in [0.5, 0.6) is 23.0 Å². The van der Waals surface area contributed by atoms with Crippen LogP contribution in [0.25, 0.3) is 0 Å². The Balaban J connectivity index is 2.31. The van der Waals surface area contributed by atoms with Crippen LogP contribution in [0, 0.1) is 0 Å². The van der Waals surface area contributed by atoms with Crippen molar-refractivity contribution in [2.75, 3.05) is 7.11 Å². The third-order valence-electron chi connectivity index (χ3n) is 2.69. The van der Waals surface area contributed by atoms with Crippen LogP contribution in [0.4, 0.5) is 13.2 Å². The summed E-state index contributed by atoms with van der Waals surface area (Å²) in [5.41, 5.74) is 0.190. The first kappa shape index (κ1) is 17.0. The standard InChI is InChI=1S/C15H10ClF3O4/c1-21-14-7-11(23-15(17,18)19)3-5-13(14)22-12-4-2-10(16)6-9(12)8-20/h2-8H,1H3. The lowest BCUT2D eigenvalue weighted by Gasteiger charge is -2.14. The van der Waals surface area contributed by atoms with Crippen molar-refractivity contribution in [1.82, 2.24) is 0 Å². The maximum absolute atomic E-state index is 12.2. The van der Waals surface area contributed by atoms with Gasteiger partial charge in [0.25, 0.3) is 0 Å². The molecule has 0 spiro atoms. The van der Waals surface area contributed by atoms with Crippen molar-refractivity contribution in [3.8, 4) is 23.0 Å². The molecule has 0 atom stereocenters. The Kier molecular flexibility index (Phi) is 5.00. The van der Waals surface area contributed by atoms with Crippen molar-refractivity contribution >= 4 is 17.9 Å². The van der Waals surface area contributed by atoms with Gasteiger partial charge < -0.3 is 14.2 Å². The van der Waals surface area contributed by atoms with E-state index in [2.05, 4.69) is 4.74 Å². The van der Waals surface area contributed by atoms with Crippen LogP contribution < -0.4 is 14.2 Å². The van der Waals surface area contributed by atoms with Crippen LogP contribution in [0.3, 0.4) is 0 Å². The maximum Gasteiger partial charge on any atom is 0.573 e. The summed E-state index contributed by atoms with van der Waals surface area (Å²) in [6.07, 6.45) is -4.26. The van der Waals surface area contributed by atoms with Gasteiger partial charge in [-0.2, -0.15) is 0 Å². The predicted molar refractivity (Wildman–Crippen MR) is 76.6 cm³/mol. The molecule has 0 N–H and O–H groups in total. The van der Waals surface area contributed by atoms with Gasteiger partial charge in [0, 0.05) is 11.1 Å². The molecule has 0 aromatic heterocycles. The largest absolute Gasteiger partial charge is 0.573 e. The van der Waals surface area contributed by atoms with E-state index in [9.17, 15) is 18.0 Å². The zero-order valence-corrected chi connectivity index (χ0v) is 12.4. The van der Waals surface area contributed by atoms with Gasteiger partial charge in [0.2, 0.25) is 0 Å². The Hall–Kier alpha value is -2.41. The number of carbonyl (C=O) groups is 1. The second kappa shape index (κ2) is 6.78. The smallest absolute Gasteiger partial charge is 0.493 e. The van der Waals surface area contributed by atoms with Gasteiger partial charge in [-0.1, -0.05) is 11.6 Å². The number of rotatable bonds is 5. The van der Waals surface area contributed by atoms with Crippen molar-refractivity contribution in [2.24, 2.45) is 0 Å². The Labute approximate surface area is 134 Å². The first-order chi connectivity index (χ1) is 10.8. The quantitative estimate of drug-likeness (QED) is 0.726. The van der Waals surface area contributed by atoms with E-state index in [1.54, 1.807) is 0 Å². The molecule has 0 fully saturated rings. The third kappa shape index (κ3) is 4.53. The highest BCUT2D eigenvalue weighted by molar-refractivity contribution is 6.30. The average Bonchev–Trinajstić information content (AvgIpc) is 2.48. The van der Waals surface area contributed by atoms with Gasteiger partial charge >= 0.3 is 6.36 Å². The molecule has 4 nitrogen and oxygen atoms in total. The van der Waals surface area contributed by atoms with E-state index in [-0.39, 0.29) is 22.8 Å². The SMILES string of the molecule is COc1cc(OC(F)(F)F)ccc1Oc1ccc(Cl)cc1C=O. The van der Waals surface area contributed by atoms with E-state index < -0.39 is 12.1 Å². The second-order valence-electron chi connectivity index (χ2n) is 4.26. The molecule has 0 unspecified atom stereocenters. The summed E-state index contributed by atoms with van der Waals surface area (Å²) in [6.45, 7) is 0. The van der Waals surface area contributed by atoms with E-state index in [0.29, 0.717) is 11.3 Å². The fourth-order valence-corrected chi connectivity index (χ4v) is 1.93. The molecule has 0 bridgehead atoms. The van der Waals surface area contributed by atoms with Crippen LogP contribution in [-0.2, 0) is 0 Å². The molecule has 122 valence electrons. The predicted octanol–water partition coefficient (Wildman–Crippen LogP) is 4.85. The minimum absolute atomic E-state index is 0.0125. The molecule has 8 heteroatoms. The van der Waals surface area contributed by atoms with Gasteiger partial charge in [0.1, 0.15) is 11.5 Å². The molecular formula is C15H10ClF3O4. The van der Waals surface area contributed by atoms with Gasteiger partial charge in [-0.05, 0) is 30.3 Å². The van der Waals surface area contributed by atoms with Crippen molar-refractivity contribution in [2.45, 2.75) is 6.36 Å². The third-order valence-corrected chi connectivity index (χ3v) is 2.92. The number of alkyl halides is 3. The van der Waals surface area contributed by atoms with Crippen LogP contribution in [0.1, 0.15) is 10.4 Å². The number of methoxy groups -OCH3 is 1. The topological polar surface area (TPSA) is 44.8 Å². The number of hydrogen-bond donors (Lipinski definition) is 0. The number of ether oxygens (including phenoxy) is 3. The Morgan fingerprint density at radius 2 is 1.74 bits per heavy atom. The number of carbonyl (C=O) groups excluding carboxylic acids is 1. The number of hydrogen-bond acceptors (Lipinski definition) is 4. The normalized spacial score (nSPS) is 11.0. The zero-order valence-electron chi connectivity index (χ0n) is 11.7. The van der Waals surface area contributed by atoms with Crippen molar-refractivity contribution in [3.63, 3.8) is 0 Å². The molecule has 2 rings (SSSR count). The monoisotopic (exact) mass is 346 g/mol. The molecule has 0 radical (unpaired) electrons. The van der Waals surface area contributed by atoms with Gasteiger partial charge in [-0.15, -0.1) is 13.2 Å². The summed E-state index contributed by atoms with van der Waals surface area (Å²) in [5.74, 6) is -0.133. The molecule has 23 heavy (non-hydrogen) atoms. The highest BCUT2D eigenvalue weighted by Gasteiger charge is 2.31. The van der Waals surface area contributed by atoms with Crippen molar-refractivity contribution in [1.29, 1.82) is 0 Å². The molecule has 2 aromatic carbocycles. The maximum atomic E-state index is 12.2. The van der Waals surface area contributed by atoms with E-state index in [4.69, 9.17) is 21.1 Å². The Bertz CT molecular complexity index is 716. The molecule has 0 amide bonds. The van der Waals surface area contributed by atoms with E-state index >= 15 is 0 Å². The minimum Gasteiger partial charge on any atom is -0.493 e. The second-order valence-corrected chi connectivity index (χ2v) is 4.70. The molecule has 0 saturated carbocycles. The van der Waals surface area contributed by atoms with E-state index in [0.717, 1.165) is 12.1 Å². The average molecular weight is 347 g/mol. The molecule has 0 heterocycles. The van der Waals surface area contributed by atoms with Crippen LogP contribution in [-0.4, -0.2) is 19.8 Å². The van der Waals surface area contributed by atoms with Crippen LogP contribution in [0.2, 0.25) is 5.02 Å². The Morgan fingerprint density at radius 3 is 2.35 bits per heavy atom. The first-order valence-electron chi connectivity index (χ1n) is 6.19. The highest BCUT2D eigenvalue weighted by atomic mass is 35.5. The van der Waals surface area contributed by atoms with Gasteiger partial charge in [0.15, 0.2) is 17.8 Å². The van der Waals surface area contributed by atoms with Crippen molar-refractivity contribution < 1.29 is 32.2 Å². The van der Waals surface area contributed by atoms with Crippen LogP contribution >= 0.6 is 11.6 Å². The molecule has 0 aliphatic rings. The van der Waals surface area contributed by atoms with Crippen LogP contribution in [0.15, 0.2) is 36.4 Å². The van der Waals surface area contributed by atoms with E-state index in [1.165, 1.54) is 31.4 Å². The highest BCUT2D eigenvalue weighted by Crippen LogP contribution is 2.37. The summed E-state index contributed by atoms with van der Waals surface area (Å²) in [4.78, 5) is 11.0. The summed E-state index contributed by atoms with van der Waals surface area (Å²) >= 11 is 5.78. The summed E-state index contributed by atoms with van der Waals surface area (Å²) in [7, 11) is 1.27. The molecule has 0 saturated heterocycles. The fraction of sp³-hybridized carbons (Fsp3) is 0.133. The Morgan fingerprint density at radius 1 is 1.04 bits per heavy atom. The molecule has 0 aliphatic heterocycles. The number of halogens is 4. The van der Waals surface area contributed by atoms with Crippen molar-refractivity contribution in [3.05, 3.63) is 47.0 Å². The minimum atomic E-state index is -4.81. The van der Waals surface area contributed by atoms with Gasteiger partial charge in [0.05, 0.1) is 12.7 Å². The van der Waals surface area contributed by atoms with Gasteiger partial charge in [-0.25, -0.2) is 0 Å². The summed E-state index contributed by atoms with van der Waals surface area (Å²) < 4.78 is 50.9. The summed E-state index contributed by atoms with van der Waals surface area (Å²) in [5, 5.41) is 0.348. The number of aldehydes is 1. The number of benzene rings is 2. The molecule has 2 aromatic rings. The van der Waals surface area contributed by atoms with E-state index in [1.807, 2.05) is 0 Å². The lowest BCUT2D eigenvalue weighted by molar-refractivity contribution is -0.274.